The molecule has 0 bridgehead atoms. The summed E-state index contributed by atoms with van der Waals surface area (Å²) in [6, 6.07) is 15.6. The molecule has 2 aromatic carbocycles. The summed E-state index contributed by atoms with van der Waals surface area (Å²) in [5, 5.41) is 3.78. The maximum Gasteiger partial charge on any atom is 0.240 e. The van der Waals surface area contributed by atoms with Crippen LogP contribution in [0.5, 0.6) is 0 Å². The first-order valence-corrected chi connectivity index (χ1v) is 7.52. The molecule has 0 saturated carbocycles. The molecule has 116 valence electrons. The quantitative estimate of drug-likeness (QED) is 0.737. The van der Waals surface area contributed by atoms with Gasteiger partial charge in [-0.05, 0) is 18.6 Å². The number of carbonyl (C=O) groups is 2. The Morgan fingerprint density at radius 3 is 2.61 bits per heavy atom. The number of carbonyl (C=O) groups excluding carboxylic acids is 2. The Morgan fingerprint density at radius 1 is 1.13 bits per heavy atom. The van der Waals surface area contributed by atoms with E-state index in [1.807, 2.05) is 60.0 Å². The second-order valence-corrected chi connectivity index (χ2v) is 5.61. The summed E-state index contributed by atoms with van der Waals surface area (Å²) in [6.45, 7) is 2.73. The van der Waals surface area contributed by atoms with Gasteiger partial charge in [-0.15, -0.1) is 0 Å². The topological polar surface area (TPSA) is 51.1 Å². The first-order valence-electron chi connectivity index (χ1n) is 7.52. The molecule has 23 heavy (non-hydrogen) atoms. The van der Waals surface area contributed by atoms with Gasteiger partial charge in [0, 0.05) is 29.2 Å². The van der Waals surface area contributed by atoms with E-state index in [1.165, 1.54) is 5.56 Å². The van der Waals surface area contributed by atoms with Crippen LogP contribution in [0.3, 0.4) is 0 Å². The number of para-hydroxylation sites is 1. The Balaban J connectivity index is 1.70. The van der Waals surface area contributed by atoms with Crippen molar-refractivity contribution in [2.45, 2.75) is 20.0 Å². The first-order chi connectivity index (χ1) is 11.2. The van der Waals surface area contributed by atoms with Gasteiger partial charge in [-0.25, -0.2) is 0 Å². The number of rotatable bonds is 5. The molecule has 0 aliphatic rings. The molecule has 1 N–H and O–H groups in total. The maximum atomic E-state index is 12.2. The lowest BCUT2D eigenvalue weighted by atomic mass is 10.1. The van der Waals surface area contributed by atoms with Crippen molar-refractivity contribution in [1.29, 1.82) is 0 Å². The van der Waals surface area contributed by atoms with Gasteiger partial charge < -0.3 is 9.88 Å². The Kier molecular flexibility index (Phi) is 4.24. The Morgan fingerprint density at radius 2 is 1.87 bits per heavy atom. The van der Waals surface area contributed by atoms with E-state index in [4.69, 9.17) is 0 Å². The van der Waals surface area contributed by atoms with E-state index in [9.17, 15) is 9.59 Å². The van der Waals surface area contributed by atoms with Crippen molar-refractivity contribution in [3.8, 4) is 0 Å². The van der Waals surface area contributed by atoms with Crippen LogP contribution in [0.15, 0.2) is 54.7 Å². The molecule has 0 radical (unpaired) electrons. The molecule has 1 aromatic heterocycles. The number of amides is 1. The van der Waals surface area contributed by atoms with E-state index in [0.717, 1.165) is 22.8 Å². The number of benzene rings is 2. The summed E-state index contributed by atoms with van der Waals surface area (Å²) in [7, 11) is 0. The van der Waals surface area contributed by atoms with E-state index in [1.54, 1.807) is 6.20 Å². The number of nitrogens with zero attached hydrogens (tertiary/aromatic N) is 1. The number of aldehydes is 1. The third-order valence-corrected chi connectivity index (χ3v) is 3.87. The summed E-state index contributed by atoms with van der Waals surface area (Å²) in [4.78, 5) is 23.3. The van der Waals surface area contributed by atoms with Gasteiger partial charge in [-0.1, -0.05) is 48.0 Å². The summed E-state index contributed by atoms with van der Waals surface area (Å²) >= 11 is 0. The van der Waals surface area contributed by atoms with Gasteiger partial charge in [-0.2, -0.15) is 0 Å². The predicted molar refractivity (Wildman–Crippen MR) is 90.4 cm³/mol. The number of fused-ring (bicyclic) bond motifs is 1. The van der Waals surface area contributed by atoms with Crippen molar-refractivity contribution in [2.75, 3.05) is 0 Å². The zero-order valence-electron chi connectivity index (χ0n) is 13.0. The molecule has 0 spiro atoms. The Labute approximate surface area is 134 Å². The predicted octanol–water partition coefficient (Wildman–Crippen LogP) is 3.08. The van der Waals surface area contributed by atoms with Crippen LogP contribution in [0, 0.1) is 6.92 Å². The van der Waals surface area contributed by atoms with Crippen molar-refractivity contribution < 1.29 is 9.59 Å². The minimum Gasteiger partial charge on any atom is -0.350 e. The zero-order chi connectivity index (χ0) is 16.2. The Hall–Kier alpha value is -2.88. The average Bonchev–Trinajstić information content (AvgIpc) is 2.92. The van der Waals surface area contributed by atoms with Gasteiger partial charge in [0.2, 0.25) is 5.91 Å². The molecule has 0 saturated heterocycles. The average molecular weight is 306 g/mol. The highest BCUT2D eigenvalue weighted by molar-refractivity contribution is 5.98. The van der Waals surface area contributed by atoms with Crippen LogP contribution in [0.1, 0.15) is 21.5 Å². The number of hydrogen-bond acceptors (Lipinski definition) is 2. The molecule has 3 aromatic rings. The van der Waals surface area contributed by atoms with E-state index in [2.05, 4.69) is 5.32 Å². The monoisotopic (exact) mass is 306 g/mol. The standard InChI is InChI=1S/C19H18N2O2/c1-14-6-8-15(9-7-14)10-20-19(23)12-21-11-16(13-22)17-4-2-3-5-18(17)21/h2-9,11,13H,10,12H2,1H3,(H,20,23). The molecule has 0 atom stereocenters. The van der Waals surface area contributed by atoms with Crippen molar-refractivity contribution in [3.63, 3.8) is 0 Å². The maximum absolute atomic E-state index is 12.2. The second kappa shape index (κ2) is 6.48. The zero-order valence-corrected chi connectivity index (χ0v) is 13.0. The van der Waals surface area contributed by atoms with Gasteiger partial charge in [0.1, 0.15) is 6.54 Å². The molecular weight excluding hydrogens is 288 g/mol. The summed E-state index contributed by atoms with van der Waals surface area (Å²) in [5.41, 5.74) is 3.75. The highest BCUT2D eigenvalue weighted by Gasteiger charge is 2.10. The van der Waals surface area contributed by atoms with E-state index >= 15 is 0 Å². The second-order valence-electron chi connectivity index (χ2n) is 5.61. The number of aryl methyl sites for hydroxylation is 1. The molecule has 0 aliphatic heterocycles. The summed E-state index contributed by atoms with van der Waals surface area (Å²) in [6.07, 6.45) is 2.55. The van der Waals surface area contributed by atoms with Crippen LogP contribution in [-0.4, -0.2) is 16.8 Å². The summed E-state index contributed by atoms with van der Waals surface area (Å²) < 4.78 is 1.81. The molecule has 4 heteroatoms. The number of nitrogens with one attached hydrogen (secondary N) is 1. The van der Waals surface area contributed by atoms with Gasteiger partial charge in [0.25, 0.3) is 0 Å². The van der Waals surface area contributed by atoms with Crippen molar-refractivity contribution in [2.24, 2.45) is 0 Å². The largest absolute Gasteiger partial charge is 0.350 e. The van der Waals surface area contributed by atoms with Gasteiger partial charge in [0.05, 0.1) is 0 Å². The van der Waals surface area contributed by atoms with Crippen LogP contribution >= 0.6 is 0 Å². The Bertz CT molecular complexity index is 847. The molecule has 0 fully saturated rings. The fourth-order valence-electron chi connectivity index (χ4n) is 2.62. The van der Waals surface area contributed by atoms with Crippen LogP contribution in [0.25, 0.3) is 10.9 Å². The molecule has 0 unspecified atom stereocenters. The first kappa shape index (κ1) is 15.0. The molecule has 3 rings (SSSR count). The molecule has 1 heterocycles. The minimum absolute atomic E-state index is 0.0798. The van der Waals surface area contributed by atoms with Crippen molar-refractivity contribution in [3.05, 3.63) is 71.4 Å². The lowest BCUT2D eigenvalue weighted by Gasteiger charge is -2.08. The van der Waals surface area contributed by atoms with Crippen LogP contribution in [0.4, 0.5) is 0 Å². The lowest BCUT2D eigenvalue weighted by molar-refractivity contribution is -0.121. The summed E-state index contributed by atoms with van der Waals surface area (Å²) in [5.74, 6) is -0.0798. The van der Waals surface area contributed by atoms with Crippen LogP contribution in [0.2, 0.25) is 0 Å². The lowest BCUT2D eigenvalue weighted by Crippen LogP contribution is -2.26. The molecule has 4 nitrogen and oxygen atoms in total. The van der Waals surface area contributed by atoms with Crippen molar-refractivity contribution >= 4 is 23.1 Å². The molecule has 1 amide bonds. The number of hydrogen-bond donors (Lipinski definition) is 1. The highest BCUT2D eigenvalue weighted by atomic mass is 16.2. The van der Waals surface area contributed by atoms with Crippen LogP contribution < -0.4 is 5.32 Å². The molecular formula is C19H18N2O2. The van der Waals surface area contributed by atoms with E-state index in [-0.39, 0.29) is 12.5 Å². The minimum atomic E-state index is -0.0798. The third-order valence-electron chi connectivity index (χ3n) is 3.87. The van der Waals surface area contributed by atoms with Gasteiger partial charge >= 0.3 is 0 Å². The molecule has 0 aliphatic carbocycles. The smallest absolute Gasteiger partial charge is 0.240 e. The fraction of sp³-hybridized carbons (Fsp3) is 0.158. The number of aromatic nitrogens is 1. The SMILES string of the molecule is Cc1ccc(CNC(=O)Cn2cc(C=O)c3ccccc32)cc1. The van der Waals surface area contributed by atoms with Crippen LogP contribution in [-0.2, 0) is 17.9 Å². The third kappa shape index (κ3) is 3.31. The van der Waals surface area contributed by atoms with Gasteiger partial charge in [0.15, 0.2) is 6.29 Å². The van der Waals surface area contributed by atoms with Gasteiger partial charge in [-0.3, -0.25) is 9.59 Å². The van der Waals surface area contributed by atoms with E-state index < -0.39 is 0 Å². The highest BCUT2D eigenvalue weighted by Crippen LogP contribution is 2.19. The van der Waals surface area contributed by atoms with E-state index in [0.29, 0.717) is 12.1 Å². The fourth-order valence-corrected chi connectivity index (χ4v) is 2.62. The normalized spacial score (nSPS) is 10.7. The van der Waals surface area contributed by atoms with Crippen molar-refractivity contribution in [1.82, 2.24) is 9.88 Å².